The van der Waals surface area contributed by atoms with Gasteiger partial charge in [0.25, 0.3) is 0 Å². The standard InChI is InChI=1S/C16H13BrN2O/c17-16-13(18)4-1-5-15(16)20-10-11-6-7-14-12(9-11)3-2-8-19-14/h1-9H,10,18H2. The maximum absolute atomic E-state index is 5.83. The minimum absolute atomic E-state index is 0.493. The first-order chi connectivity index (χ1) is 9.74. The van der Waals surface area contributed by atoms with Gasteiger partial charge < -0.3 is 10.5 Å². The van der Waals surface area contributed by atoms with Crippen molar-refractivity contribution >= 4 is 32.5 Å². The summed E-state index contributed by atoms with van der Waals surface area (Å²) in [4.78, 5) is 4.30. The molecule has 4 heteroatoms. The normalized spacial score (nSPS) is 10.7. The molecule has 1 aromatic heterocycles. The quantitative estimate of drug-likeness (QED) is 0.734. The largest absolute Gasteiger partial charge is 0.488 e. The summed E-state index contributed by atoms with van der Waals surface area (Å²) in [6.07, 6.45) is 1.79. The molecule has 3 rings (SSSR count). The van der Waals surface area contributed by atoms with Crippen molar-refractivity contribution in [1.29, 1.82) is 0 Å². The molecule has 0 aliphatic heterocycles. The molecule has 3 nitrogen and oxygen atoms in total. The van der Waals surface area contributed by atoms with E-state index in [2.05, 4.69) is 27.0 Å². The Balaban J connectivity index is 1.81. The van der Waals surface area contributed by atoms with Crippen LogP contribution in [0.2, 0.25) is 0 Å². The third-order valence-electron chi connectivity index (χ3n) is 3.05. The van der Waals surface area contributed by atoms with Crippen LogP contribution in [0.1, 0.15) is 5.56 Å². The first kappa shape index (κ1) is 12.9. The van der Waals surface area contributed by atoms with Crippen LogP contribution in [0.15, 0.2) is 59.2 Å². The van der Waals surface area contributed by atoms with E-state index in [1.54, 1.807) is 6.20 Å². The van der Waals surface area contributed by atoms with Crippen molar-refractivity contribution in [2.45, 2.75) is 6.61 Å². The molecule has 3 aromatic rings. The first-order valence-corrected chi connectivity index (χ1v) is 7.04. The number of nitrogens with zero attached hydrogens (tertiary/aromatic N) is 1. The number of nitrogens with two attached hydrogens (primary N) is 1. The van der Waals surface area contributed by atoms with E-state index >= 15 is 0 Å². The molecule has 2 N–H and O–H groups in total. The third-order valence-corrected chi connectivity index (χ3v) is 3.90. The van der Waals surface area contributed by atoms with Crippen LogP contribution in [0.25, 0.3) is 10.9 Å². The highest BCUT2D eigenvalue weighted by molar-refractivity contribution is 9.10. The van der Waals surface area contributed by atoms with Gasteiger partial charge in [-0.2, -0.15) is 0 Å². The maximum Gasteiger partial charge on any atom is 0.136 e. The van der Waals surface area contributed by atoms with E-state index in [0.717, 1.165) is 26.7 Å². The van der Waals surface area contributed by atoms with Crippen LogP contribution in [0, 0.1) is 0 Å². The van der Waals surface area contributed by atoms with Crippen molar-refractivity contribution in [3.8, 4) is 5.75 Å². The van der Waals surface area contributed by atoms with Gasteiger partial charge in [-0.1, -0.05) is 18.2 Å². The molecule has 0 saturated carbocycles. The summed E-state index contributed by atoms with van der Waals surface area (Å²) in [5.74, 6) is 0.747. The van der Waals surface area contributed by atoms with Crippen LogP contribution >= 0.6 is 15.9 Å². The molecule has 0 spiro atoms. The second kappa shape index (κ2) is 5.51. The SMILES string of the molecule is Nc1cccc(OCc2ccc3ncccc3c2)c1Br. The lowest BCUT2D eigenvalue weighted by Crippen LogP contribution is -1.97. The second-order valence-electron chi connectivity index (χ2n) is 4.48. The summed E-state index contributed by atoms with van der Waals surface area (Å²) >= 11 is 3.43. The zero-order chi connectivity index (χ0) is 13.9. The Labute approximate surface area is 125 Å². The van der Waals surface area contributed by atoms with Gasteiger partial charge >= 0.3 is 0 Å². The molecular weight excluding hydrogens is 316 g/mol. The smallest absolute Gasteiger partial charge is 0.136 e. The zero-order valence-corrected chi connectivity index (χ0v) is 12.3. The van der Waals surface area contributed by atoms with Gasteiger partial charge in [0, 0.05) is 17.3 Å². The fourth-order valence-electron chi connectivity index (χ4n) is 2.02. The molecule has 1 heterocycles. The Bertz CT molecular complexity index is 758. The minimum Gasteiger partial charge on any atom is -0.488 e. The van der Waals surface area contributed by atoms with Gasteiger partial charge in [0.1, 0.15) is 12.4 Å². The van der Waals surface area contributed by atoms with Crippen LogP contribution in [-0.2, 0) is 6.61 Å². The summed E-state index contributed by atoms with van der Waals surface area (Å²) in [5.41, 5.74) is 8.58. The molecule has 0 saturated heterocycles. The lowest BCUT2D eigenvalue weighted by Gasteiger charge is -2.10. The van der Waals surface area contributed by atoms with Gasteiger partial charge in [0.05, 0.1) is 9.99 Å². The fraction of sp³-hybridized carbons (Fsp3) is 0.0625. The van der Waals surface area contributed by atoms with Crippen LogP contribution in [-0.4, -0.2) is 4.98 Å². The number of hydrogen-bond acceptors (Lipinski definition) is 3. The summed E-state index contributed by atoms with van der Waals surface area (Å²) in [6, 6.07) is 15.7. The number of hydrogen-bond donors (Lipinski definition) is 1. The number of pyridine rings is 1. The topological polar surface area (TPSA) is 48.1 Å². The van der Waals surface area contributed by atoms with Gasteiger partial charge in [-0.25, -0.2) is 0 Å². The summed E-state index contributed by atoms with van der Waals surface area (Å²) in [5, 5.41) is 1.11. The van der Waals surface area contributed by atoms with Crippen molar-refractivity contribution < 1.29 is 4.74 Å². The average molecular weight is 329 g/mol. The lowest BCUT2D eigenvalue weighted by molar-refractivity contribution is 0.304. The van der Waals surface area contributed by atoms with Crippen LogP contribution < -0.4 is 10.5 Å². The number of rotatable bonds is 3. The highest BCUT2D eigenvalue weighted by Gasteiger charge is 2.04. The monoisotopic (exact) mass is 328 g/mol. The number of anilines is 1. The Kier molecular flexibility index (Phi) is 3.56. The number of aromatic nitrogens is 1. The van der Waals surface area contributed by atoms with Crippen molar-refractivity contribution in [2.75, 3.05) is 5.73 Å². The second-order valence-corrected chi connectivity index (χ2v) is 5.27. The molecule has 0 unspecified atom stereocenters. The molecule has 0 bridgehead atoms. The van der Waals surface area contributed by atoms with Crippen LogP contribution in [0.5, 0.6) is 5.75 Å². The van der Waals surface area contributed by atoms with Crippen molar-refractivity contribution in [3.05, 3.63) is 64.8 Å². The number of benzene rings is 2. The van der Waals surface area contributed by atoms with Gasteiger partial charge in [-0.05, 0) is 51.8 Å². The number of fused-ring (bicyclic) bond motifs is 1. The van der Waals surface area contributed by atoms with E-state index in [0.29, 0.717) is 12.3 Å². The van der Waals surface area contributed by atoms with Gasteiger partial charge in [-0.3, -0.25) is 4.98 Å². The lowest BCUT2D eigenvalue weighted by atomic mass is 10.1. The highest BCUT2D eigenvalue weighted by atomic mass is 79.9. The van der Waals surface area contributed by atoms with Crippen molar-refractivity contribution in [3.63, 3.8) is 0 Å². The maximum atomic E-state index is 5.83. The minimum atomic E-state index is 0.493. The molecule has 20 heavy (non-hydrogen) atoms. The zero-order valence-electron chi connectivity index (χ0n) is 10.7. The van der Waals surface area contributed by atoms with E-state index < -0.39 is 0 Å². The Morgan fingerprint density at radius 1 is 1.10 bits per heavy atom. The van der Waals surface area contributed by atoms with E-state index in [1.165, 1.54) is 0 Å². The molecule has 0 fully saturated rings. The Hall–Kier alpha value is -2.07. The third kappa shape index (κ3) is 2.60. The van der Waals surface area contributed by atoms with E-state index in [-0.39, 0.29) is 0 Å². The predicted molar refractivity (Wildman–Crippen MR) is 84.6 cm³/mol. The van der Waals surface area contributed by atoms with Crippen molar-refractivity contribution in [2.24, 2.45) is 0 Å². The number of halogens is 1. The van der Waals surface area contributed by atoms with E-state index in [9.17, 15) is 0 Å². The summed E-state index contributed by atoms with van der Waals surface area (Å²) in [6.45, 7) is 0.493. The fourth-order valence-corrected chi connectivity index (χ4v) is 2.39. The van der Waals surface area contributed by atoms with Gasteiger partial charge in [0.15, 0.2) is 0 Å². The molecule has 0 aliphatic carbocycles. The molecule has 0 atom stereocenters. The molecule has 0 radical (unpaired) electrons. The molecule has 100 valence electrons. The number of ether oxygens (including phenoxy) is 1. The van der Waals surface area contributed by atoms with E-state index in [1.807, 2.05) is 42.5 Å². The molecular formula is C16H13BrN2O. The summed E-state index contributed by atoms with van der Waals surface area (Å²) in [7, 11) is 0. The molecule has 0 aliphatic rings. The van der Waals surface area contributed by atoms with E-state index in [4.69, 9.17) is 10.5 Å². The Morgan fingerprint density at radius 3 is 2.90 bits per heavy atom. The number of nitrogen functional groups attached to an aromatic ring is 1. The van der Waals surface area contributed by atoms with Gasteiger partial charge in [-0.15, -0.1) is 0 Å². The highest BCUT2D eigenvalue weighted by Crippen LogP contribution is 2.30. The van der Waals surface area contributed by atoms with Crippen LogP contribution in [0.3, 0.4) is 0 Å². The molecule has 2 aromatic carbocycles. The molecule has 0 amide bonds. The van der Waals surface area contributed by atoms with Crippen LogP contribution in [0.4, 0.5) is 5.69 Å². The van der Waals surface area contributed by atoms with Crippen molar-refractivity contribution in [1.82, 2.24) is 4.98 Å². The van der Waals surface area contributed by atoms with Gasteiger partial charge in [0.2, 0.25) is 0 Å². The average Bonchev–Trinajstić information content (AvgIpc) is 2.48. The predicted octanol–water partition coefficient (Wildman–Crippen LogP) is 4.16. The Morgan fingerprint density at radius 2 is 2.00 bits per heavy atom. The first-order valence-electron chi connectivity index (χ1n) is 6.24. The summed E-state index contributed by atoms with van der Waals surface area (Å²) < 4.78 is 6.60.